The Labute approximate surface area is 203 Å². The first-order chi connectivity index (χ1) is 16.9. The smallest absolute Gasteiger partial charge is 0.335 e. The number of hydrogen-bond donors (Lipinski definition) is 4. The Balaban J connectivity index is 1.66. The summed E-state index contributed by atoms with van der Waals surface area (Å²) >= 11 is 0. The highest BCUT2D eigenvalue weighted by molar-refractivity contribution is 5.87. The van der Waals surface area contributed by atoms with Crippen molar-refractivity contribution >= 4 is 17.8 Å². The number of carbonyl (C=O) groups excluding carboxylic acids is 2. The lowest BCUT2D eigenvalue weighted by atomic mass is 9.90. The van der Waals surface area contributed by atoms with Crippen LogP contribution in [-0.4, -0.2) is 43.7 Å². The highest BCUT2D eigenvalue weighted by atomic mass is 16.5. The maximum absolute atomic E-state index is 12.8. The van der Waals surface area contributed by atoms with E-state index in [9.17, 15) is 19.5 Å². The molecule has 0 saturated carbocycles. The third-order valence-corrected chi connectivity index (χ3v) is 5.96. The largest absolute Gasteiger partial charge is 0.478 e. The summed E-state index contributed by atoms with van der Waals surface area (Å²) in [6, 6.07) is 15.6. The summed E-state index contributed by atoms with van der Waals surface area (Å²) in [4.78, 5) is 39.9. The quantitative estimate of drug-likeness (QED) is 0.233. The van der Waals surface area contributed by atoms with Crippen molar-refractivity contribution in [1.29, 1.82) is 0 Å². The number of carboxylic acids is 1. The average molecular weight is 479 g/mol. The fraction of sp³-hybridized carbons (Fsp3) is 0.308. The van der Waals surface area contributed by atoms with Crippen molar-refractivity contribution in [2.75, 3.05) is 0 Å². The van der Waals surface area contributed by atoms with E-state index < -0.39 is 17.9 Å². The summed E-state index contributed by atoms with van der Waals surface area (Å²) in [7, 11) is 0. The van der Waals surface area contributed by atoms with Gasteiger partial charge in [-0.1, -0.05) is 49.4 Å². The number of aromatic nitrogens is 2. The second kappa shape index (κ2) is 12.5. The van der Waals surface area contributed by atoms with Gasteiger partial charge in [0.2, 0.25) is 11.8 Å². The van der Waals surface area contributed by atoms with Crippen molar-refractivity contribution in [3.8, 4) is 0 Å². The Kier molecular flexibility index (Phi) is 9.14. The van der Waals surface area contributed by atoms with Gasteiger partial charge in [-0.3, -0.25) is 14.8 Å². The van der Waals surface area contributed by atoms with Gasteiger partial charge < -0.3 is 15.0 Å². The lowest BCUT2D eigenvalue weighted by molar-refractivity contribution is -0.130. The zero-order chi connectivity index (χ0) is 25.2. The van der Waals surface area contributed by atoms with Crippen LogP contribution >= 0.6 is 0 Å². The molecule has 0 aliphatic heterocycles. The third kappa shape index (κ3) is 7.51. The zero-order valence-corrected chi connectivity index (χ0v) is 19.5. The van der Waals surface area contributed by atoms with Gasteiger partial charge in [0.05, 0.1) is 17.9 Å². The molecule has 0 saturated heterocycles. The highest BCUT2D eigenvalue weighted by Crippen LogP contribution is 2.30. The molecule has 0 spiro atoms. The molecule has 0 radical (unpaired) electrons. The Hall–Kier alpha value is -3.98. The first kappa shape index (κ1) is 25.6. The molecule has 1 aromatic heterocycles. The Bertz CT molecular complexity index is 1100. The Morgan fingerprint density at radius 3 is 2.34 bits per heavy atom. The van der Waals surface area contributed by atoms with E-state index in [2.05, 4.69) is 10.3 Å². The van der Waals surface area contributed by atoms with Crippen molar-refractivity contribution in [2.45, 2.75) is 44.7 Å². The van der Waals surface area contributed by atoms with Gasteiger partial charge in [-0.2, -0.15) is 0 Å². The summed E-state index contributed by atoms with van der Waals surface area (Å²) in [6.45, 7) is 2.03. The monoisotopic (exact) mass is 478 g/mol. The first-order valence-corrected chi connectivity index (χ1v) is 11.4. The standard InChI is InChI=1S/C26H30N4O5/c1-18(25(30-14-13-27-17-30)20-8-10-21(11-9-20)26(33)34)7-12-23(31)28-22(16-24(32)29-35)15-19-5-3-2-4-6-19/h2-6,8-11,13-14,17-18,22,25,35H,7,12,15-16H2,1H3,(H,28,31)(H,29,32)(H,33,34). The van der Waals surface area contributed by atoms with Gasteiger partial charge in [-0.25, -0.2) is 15.3 Å². The van der Waals surface area contributed by atoms with Gasteiger partial charge in [0.15, 0.2) is 0 Å². The predicted molar refractivity (Wildman–Crippen MR) is 129 cm³/mol. The normalized spacial score (nSPS) is 13.4. The number of benzene rings is 2. The van der Waals surface area contributed by atoms with Gasteiger partial charge in [-0.05, 0) is 42.0 Å². The molecule has 3 aromatic rings. The number of aromatic carboxylic acids is 1. The molecule has 9 nitrogen and oxygen atoms in total. The molecule has 0 bridgehead atoms. The fourth-order valence-electron chi connectivity index (χ4n) is 4.21. The summed E-state index contributed by atoms with van der Waals surface area (Å²) in [6.07, 6.45) is 6.44. The van der Waals surface area contributed by atoms with Gasteiger partial charge in [-0.15, -0.1) is 0 Å². The average Bonchev–Trinajstić information content (AvgIpc) is 3.38. The molecule has 35 heavy (non-hydrogen) atoms. The number of hydroxylamine groups is 1. The number of amides is 2. The van der Waals surface area contributed by atoms with Crippen LogP contribution < -0.4 is 10.8 Å². The maximum atomic E-state index is 12.8. The van der Waals surface area contributed by atoms with E-state index in [1.807, 2.05) is 48.0 Å². The fourth-order valence-corrected chi connectivity index (χ4v) is 4.21. The molecule has 2 aromatic carbocycles. The summed E-state index contributed by atoms with van der Waals surface area (Å²) in [5.41, 5.74) is 3.73. The van der Waals surface area contributed by atoms with Crippen LogP contribution in [0.5, 0.6) is 0 Å². The van der Waals surface area contributed by atoms with Gasteiger partial charge in [0, 0.05) is 31.3 Å². The third-order valence-electron chi connectivity index (χ3n) is 5.96. The number of nitrogens with one attached hydrogen (secondary N) is 2. The van der Waals surface area contributed by atoms with Crippen LogP contribution in [0.4, 0.5) is 0 Å². The minimum Gasteiger partial charge on any atom is -0.478 e. The number of hydrogen-bond acceptors (Lipinski definition) is 5. The second-order valence-corrected chi connectivity index (χ2v) is 8.59. The van der Waals surface area contributed by atoms with Crippen LogP contribution in [0.15, 0.2) is 73.3 Å². The van der Waals surface area contributed by atoms with E-state index >= 15 is 0 Å². The second-order valence-electron chi connectivity index (χ2n) is 8.59. The highest BCUT2D eigenvalue weighted by Gasteiger charge is 2.23. The number of carboxylic acid groups (broad SMARTS) is 1. The lowest BCUT2D eigenvalue weighted by Crippen LogP contribution is -2.40. The van der Waals surface area contributed by atoms with Crippen LogP contribution in [0.2, 0.25) is 0 Å². The SMILES string of the molecule is CC(CCC(=O)NC(CC(=O)NO)Cc1ccccc1)C(c1ccc(C(=O)O)cc1)n1ccnc1. The van der Waals surface area contributed by atoms with Crippen LogP contribution in [0.1, 0.15) is 53.7 Å². The number of nitrogens with zero attached hydrogens (tertiary/aromatic N) is 2. The van der Waals surface area contributed by atoms with Crippen LogP contribution in [-0.2, 0) is 16.0 Å². The van der Waals surface area contributed by atoms with E-state index in [1.165, 1.54) is 0 Å². The van der Waals surface area contributed by atoms with Gasteiger partial charge >= 0.3 is 5.97 Å². The minimum atomic E-state index is -0.986. The molecule has 3 atom stereocenters. The van der Waals surface area contributed by atoms with E-state index in [-0.39, 0.29) is 36.3 Å². The molecule has 0 aliphatic rings. The zero-order valence-electron chi connectivity index (χ0n) is 19.5. The van der Waals surface area contributed by atoms with Gasteiger partial charge in [0.1, 0.15) is 0 Å². The topological polar surface area (TPSA) is 134 Å². The molecule has 1 heterocycles. The van der Waals surface area contributed by atoms with E-state index in [0.717, 1.165) is 11.1 Å². The molecule has 184 valence electrons. The van der Waals surface area contributed by atoms with E-state index in [4.69, 9.17) is 5.21 Å². The van der Waals surface area contributed by atoms with Crippen molar-refractivity contribution < 1.29 is 24.7 Å². The van der Waals surface area contributed by atoms with Crippen molar-refractivity contribution in [2.24, 2.45) is 5.92 Å². The molecule has 4 N–H and O–H groups in total. The molecule has 3 unspecified atom stereocenters. The molecule has 9 heteroatoms. The molecule has 0 fully saturated rings. The summed E-state index contributed by atoms with van der Waals surface area (Å²) in [5, 5.41) is 21.0. The molecular weight excluding hydrogens is 448 g/mol. The number of carbonyl (C=O) groups is 3. The van der Waals surface area contributed by atoms with E-state index in [0.29, 0.717) is 12.8 Å². The Morgan fingerprint density at radius 2 is 1.74 bits per heavy atom. The van der Waals surface area contributed by atoms with Crippen LogP contribution in [0.25, 0.3) is 0 Å². The lowest BCUT2D eigenvalue weighted by Gasteiger charge is -2.26. The first-order valence-electron chi connectivity index (χ1n) is 11.4. The minimum absolute atomic E-state index is 0.0268. The molecular formula is C26H30N4O5. The number of rotatable bonds is 12. The summed E-state index contributed by atoms with van der Waals surface area (Å²) < 4.78 is 1.95. The molecule has 0 aliphatic carbocycles. The van der Waals surface area contributed by atoms with Crippen molar-refractivity contribution in [3.63, 3.8) is 0 Å². The molecule has 3 rings (SSSR count). The Morgan fingerprint density at radius 1 is 1.03 bits per heavy atom. The summed E-state index contributed by atoms with van der Waals surface area (Å²) in [5.74, 6) is -1.71. The van der Waals surface area contributed by atoms with E-state index in [1.54, 1.807) is 42.3 Å². The number of imidazole rings is 1. The maximum Gasteiger partial charge on any atom is 0.335 e. The van der Waals surface area contributed by atoms with Crippen LogP contribution in [0.3, 0.4) is 0 Å². The van der Waals surface area contributed by atoms with Crippen molar-refractivity contribution in [1.82, 2.24) is 20.3 Å². The van der Waals surface area contributed by atoms with Gasteiger partial charge in [0.25, 0.3) is 0 Å². The van der Waals surface area contributed by atoms with Crippen molar-refractivity contribution in [3.05, 3.63) is 90.0 Å². The predicted octanol–water partition coefficient (Wildman–Crippen LogP) is 3.21. The molecule has 2 amide bonds. The van der Waals surface area contributed by atoms with Crippen LogP contribution in [0, 0.1) is 5.92 Å².